The highest BCUT2D eigenvalue weighted by molar-refractivity contribution is 6.08. The monoisotopic (exact) mass is 291 g/mol. The van der Waals surface area contributed by atoms with Gasteiger partial charge in [0, 0.05) is 29.1 Å². The van der Waals surface area contributed by atoms with E-state index in [1.807, 2.05) is 12.1 Å². The number of phenolic OH excluding ortho intramolecular Hbond substituents is 1. The quantitative estimate of drug-likeness (QED) is 0.777. The van der Waals surface area contributed by atoms with Gasteiger partial charge in [-0.15, -0.1) is 0 Å². The number of nitrogens with zero attached hydrogens (tertiary/aromatic N) is 2. The van der Waals surface area contributed by atoms with Crippen LogP contribution in [0.5, 0.6) is 5.75 Å². The zero-order valence-electron chi connectivity index (χ0n) is 11.6. The van der Waals surface area contributed by atoms with E-state index in [1.165, 1.54) is 12.4 Å². The molecule has 3 aromatic rings. The molecule has 0 radical (unpaired) electrons. The molecular weight excluding hydrogens is 278 g/mol. The van der Waals surface area contributed by atoms with E-state index in [-0.39, 0.29) is 11.7 Å². The molecule has 2 N–H and O–H groups in total. The zero-order chi connectivity index (χ0) is 15.4. The Hall–Kier alpha value is -3.21. The number of benzene rings is 2. The number of anilines is 1. The molecule has 0 aliphatic carbocycles. The van der Waals surface area contributed by atoms with Crippen molar-refractivity contribution in [1.82, 2.24) is 9.97 Å². The maximum Gasteiger partial charge on any atom is 0.256 e. The molecule has 3 rings (SSSR count). The third kappa shape index (κ3) is 2.93. The van der Waals surface area contributed by atoms with Gasteiger partial charge >= 0.3 is 0 Å². The molecule has 1 heterocycles. The molecule has 2 aromatic carbocycles. The van der Waals surface area contributed by atoms with Crippen LogP contribution in [0.1, 0.15) is 10.4 Å². The first kappa shape index (κ1) is 13.8. The third-order valence-electron chi connectivity index (χ3n) is 3.13. The van der Waals surface area contributed by atoms with Gasteiger partial charge in [0.15, 0.2) is 0 Å². The van der Waals surface area contributed by atoms with Crippen molar-refractivity contribution in [3.8, 4) is 17.0 Å². The van der Waals surface area contributed by atoms with E-state index in [9.17, 15) is 9.90 Å². The average molecular weight is 291 g/mol. The Morgan fingerprint density at radius 3 is 2.68 bits per heavy atom. The van der Waals surface area contributed by atoms with Gasteiger partial charge in [-0.1, -0.05) is 24.3 Å². The third-order valence-corrected chi connectivity index (χ3v) is 3.13. The molecule has 22 heavy (non-hydrogen) atoms. The lowest BCUT2D eigenvalue weighted by Gasteiger charge is -2.10. The van der Waals surface area contributed by atoms with E-state index in [4.69, 9.17) is 0 Å². The summed E-state index contributed by atoms with van der Waals surface area (Å²) in [5, 5.41) is 12.2. The molecular formula is C17H13N3O2. The van der Waals surface area contributed by atoms with Crippen molar-refractivity contribution < 1.29 is 9.90 Å². The van der Waals surface area contributed by atoms with Crippen LogP contribution < -0.4 is 5.32 Å². The molecule has 0 unspecified atom stereocenters. The summed E-state index contributed by atoms with van der Waals surface area (Å²) in [5.41, 5.74) is 2.44. The predicted octanol–water partition coefficient (Wildman–Crippen LogP) is 3.10. The molecule has 108 valence electrons. The van der Waals surface area contributed by atoms with Crippen molar-refractivity contribution in [3.05, 3.63) is 72.7 Å². The van der Waals surface area contributed by atoms with E-state index in [2.05, 4.69) is 15.3 Å². The van der Waals surface area contributed by atoms with Crippen molar-refractivity contribution in [2.75, 3.05) is 5.32 Å². The molecule has 1 amide bonds. The lowest BCUT2D eigenvalue weighted by molar-refractivity contribution is 0.102. The Labute approximate surface area is 127 Å². The largest absolute Gasteiger partial charge is 0.508 e. The Kier molecular flexibility index (Phi) is 3.78. The van der Waals surface area contributed by atoms with Gasteiger partial charge < -0.3 is 10.4 Å². The fourth-order valence-corrected chi connectivity index (χ4v) is 2.14. The molecule has 0 aliphatic rings. The summed E-state index contributed by atoms with van der Waals surface area (Å²) < 4.78 is 0. The van der Waals surface area contributed by atoms with Gasteiger partial charge in [0.05, 0.1) is 5.69 Å². The van der Waals surface area contributed by atoms with Gasteiger partial charge in [0.25, 0.3) is 5.91 Å². The number of phenols is 1. The number of aromatic nitrogens is 2. The molecule has 0 fully saturated rings. The molecule has 0 atom stereocenters. The van der Waals surface area contributed by atoms with Crippen molar-refractivity contribution >= 4 is 11.6 Å². The second-order valence-corrected chi connectivity index (χ2v) is 4.64. The summed E-state index contributed by atoms with van der Waals surface area (Å²) in [6.45, 7) is 0. The lowest BCUT2D eigenvalue weighted by Crippen LogP contribution is -2.13. The predicted molar refractivity (Wildman–Crippen MR) is 83.5 cm³/mol. The number of aromatic hydroxyl groups is 1. The van der Waals surface area contributed by atoms with E-state index >= 15 is 0 Å². The van der Waals surface area contributed by atoms with Crippen LogP contribution in [0, 0.1) is 0 Å². The highest BCUT2D eigenvalue weighted by Gasteiger charge is 2.13. The number of hydrogen-bond acceptors (Lipinski definition) is 4. The second kappa shape index (κ2) is 6.05. The Balaban J connectivity index is 1.93. The number of carbonyl (C=O) groups is 1. The first-order valence-corrected chi connectivity index (χ1v) is 6.70. The zero-order valence-corrected chi connectivity index (χ0v) is 11.6. The van der Waals surface area contributed by atoms with Gasteiger partial charge in [-0.25, -0.2) is 9.97 Å². The molecule has 0 aliphatic heterocycles. The molecule has 5 nitrogen and oxygen atoms in total. The maximum absolute atomic E-state index is 12.5. The lowest BCUT2D eigenvalue weighted by atomic mass is 10.0. The van der Waals surface area contributed by atoms with Crippen LogP contribution in [0.15, 0.2) is 67.1 Å². The van der Waals surface area contributed by atoms with E-state index < -0.39 is 0 Å². The van der Waals surface area contributed by atoms with Crippen LogP contribution in [0.2, 0.25) is 0 Å². The van der Waals surface area contributed by atoms with Gasteiger partial charge in [0.1, 0.15) is 12.1 Å². The van der Waals surface area contributed by atoms with Gasteiger partial charge in [-0.2, -0.15) is 0 Å². The van der Waals surface area contributed by atoms with Crippen LogP contribution in [-0.4, -0.2) is 21.0 Å². The molecule has 0 spiro atoms. The molecule has 5 heteroatoms. The van der Waals surface area contributed by atoms with E-state index in [0.717, 1.165) is 5.56 Å². The Morgan fingerprint density at radius 2 is 1.91 bits per heavy atom. The van der Waals surface area contributed by atoms with Gasteiger partial charge in [0.2, 0.25) is 0 Å². The first-order chi connectivity index (χ1) is 10.7. The fraction of sp³-hybridized carbons (Fsp3) is 0. The van der Waals surface area contributed by atoms with Crippen LogP contribution in [-0.2, 0) is 0 Å². The SMILES string of the molecule is O=C(Nc1cccc(O)c1)c1ccccc1-c1ccncn1. The van der Waals surface area contributed by atoms with Crippen LogP contribution in [0.3, 0.4) is 0 Å². The van der Waals surface area contributed by atoms with E-state index in [0.29, 0.717) is 16.9 Å². The molecule has 1 aromatic heterocycles. The van der Waals surface area contributed by atoms with Crippen molar-refractivity contribution in [3.63, 3.8) is 0 Å². The van der Waals surface area contributed by atoms with Crippen LogP contribution >= 0.6 is 0 Å². The van der Waals surface area contributed by atoms with Gasteiger partial charge in [-0.05, 0) is 24.3 Å². The minimum atomic E-state index is -0.264. The minimum absolute atomic E-state index is 0.0990. The van der Waals surface area contributed by atoms with Crippen LogP contribution in [0.25, 0.3) is 11.3 Å². The molecule has 0 bridgehead atoms. The fourth-order valence-electron chi connectivity index (χ4n) is 2.14. The van der Waals surface area contributed by atoms with Crippen molar-refractivity contribution in [2.45, 2.75) is 0 Å². The van der Waals surface area contributed by atoms with Crippen molar-refractivity contribution in [2.24, 2.45) is 0 Å². The summed E-state index contributed by atoms with van der Waals surface area (Å²) in [5.74, 6) is -0.165. The number of hydrogen-bond donors (Lipinski definition) is 2. The van der Waals surface area contributed by atoms with E-state index in [1.54, 1.807) is 42.6 Å². The first-order valence-electron chi connectivity index (χ1n) is 6.70. The van der Waals surface area contributed by atoms with Crippen molar-refractivity contribution in [1.29, 1.82) is 0 Å². The smallest absolute Gasteiger partial charge is 0.256 e. The molecule has 0 saturated carbocycles. The Bertz CT molecular complexity index is 804. The molecule has 0 saturated heterocycles. The normalized spacial score (nSPS) is 10.2. The minimum Gasteiger partial charge on any atom is -0.508 e. The standard InChI is InChI=1S/C17H13N3O2/c21-13-5-3-4-12(10-13)20-17(22)15-7-2-1-6-14(15)16-8-9-18-11-19-16/h1-11,21H,(H,20,22). The number of amides is 1. The number of rotatable bonds is 3. The Morgan fingerprint density at radius 1 is 1.05 bits per heavy atom. The average Bonchev–Trinajstić information content (AvgIpc) is 2.56. The van der Waals surface area contributed by atoms with Gasteiger partial charge in [-0.3, -0.25) is 4.79 Å². The topological polar surface area (TPSA) is 75.1 Å². The number of carbonyl (C=O) groups excluding carboxylic acids is 1. The number of nitrogens with one attached hydrogen (secondary N) is 1. The maximum atomic E-state index is 12.5. The summed E-state index contributed by atoms with van der Waals surface area (Å²) in [6, 6.07) is 15.4. The summed E-state index contributed by atoms with van der Waals surface area (Å²) in [6.07, 6.45) is 3.07. The second-order valence-electron chi connectivity index (χ2n) is 4.64. The van der Waals surface area contributed by atoms with Crippen LogP contribution in [0.4, 0.5) is 5.69 Å². The summed E-state index contributed by atoms with van der Waals surface area (Å²) >= 11 is 0. The summed E-state index contributed by atoms with van der Waals surface area (Å²) in [4.78, 5) is 20.5. The highest BCUT2D eigenvalue weighted by Crippen LogP contribution is 2.23. The highest BCUT2D eigenvalue weighted by atomic mass is 16.3. The summed E-state index contributed by atoms with van der Waals surface area (Å²) in [7, 11) is 0.